The number of aryl methyl sites for hydroxylation is 3. The molecule has 0 spiro atoms. The van der Waals surface area contributed by atoms with Gasteiger partial charge in [0.15, 0.2) is 6.10 Å². The Bertz CT molecular complexity index is 632. The monoisotopic (exact) mass is 283 g/mol. The summed E-state index contributed by atoms with van der Waals surface area (Å²) >= 11 is 0. The number of amides is 1. The average molecular weight is 283 g/mol. The zero-order chi connectivity index (χ0) is 15.4. The molecule has 21 heavy (non-hydrogen) atoms. The molecule has 1 N–H and O–H groups in total. The van der Waals surface area contributed by atoms with Gasteiger partial charge < -0.3 is 10.1 Å². The zero-order valence-electron chi connectivity index (χ0n) is 12.9. The molecule has 0 saturated carbocycles. The molecule has 0 aliphatic rings. The molecule has 2 rings (SSSR count). The molecule has 0 heterocycles. The van der Waals surface area contributed by atoms with Crippen LogP contribution < -0.4 is 10.1 Å². The van der Waals surface area contributed by atoms with Crippen molar-refractivity contribution in [1.82, 2.24) is 0 Å². The van der Waals surface area contributed by atoms with Crippen molar-refractivity contribution in [3.63, 3.8) is 0 Å². The highest BCUT2D eigenvalue weighted by atomic mass is 16.5. The van der Waals surface area contributed by atoms with Crippen molar-refractivity contribution in [3.8, 4) is 5.75 Å². The Morgan fingerprint density at radius 2 is 1.62 bits per heavy atom. The minimum atomic E-state index is -0.548. The lowest BCUT2D eigenvalue weighted by Crippen LogP contribution is -2.30. The number of nitrogens with one attached hydrogen (secondary N) is 1. The first-order chi connectivity index (χ1) is 9.95. The van der Waals surface area contributed by atoms with Crippen LogP contribution in [0.15, 0.2) is 42.5 Å². The zero-order valence-corrected chi connectivity index (χ0v) is 12.9. The lowest BCUT2D eigenvalue weighted by atomic mass is 10.1. The molecule has 1 amide bonds. The van der Waals surface area contributed by atoms with Gasteiger partial charge in [0, 0.05) is 5.69 Å². The summed E-state index contributed by atoms with van der Waals surface area (Å²) in [4.78, 5) is 12.2. The molecule has 0 fully saturated rings. The van der Waals surface area contributed by atoms with Crippen LogP contribution in [0, 0.1) is 20.8 Å². The van der Waals surface area contributed by atoms with E-state index < -0.39 is 6.10 Å². The summed E-state index contributed by atoms with van der Waals surface area (Å²) in [5.74, 6) is 0.548. The van der Waals surface area contributed by atoms with E-state index in [1.165, 1.54) is 5.56 Å². The summed E-state index contributed by atoms with van der Waals surface area (Å²) in [5.41, 5.74) is 4.21. The molecule has 0 aliphatic carbocycles. The van der Waals surface area contributed by atoms with E-state index in [4.69, 9.17) is 4.74 Å². The minimum Gasteiger partial charge on any atom is -0.481 e. The molecule has 0 aromatic heterocycles. The molecule has 3 heteroatoms. The van der Waals surface area contributed by atoms with E-state index in [-0.39, 0.29) is 5.91 Å². The van der Waals surface area contributed by atoms with Crippen LogP contribution >= 0.6 is 0 Å². The highest BCUT2D eigenvalue weighted by molar-refractivity contribution is 5.94. The standard InChI is InChI=1S/C18H21NO2/c1-12-5-8-16(9-6-12)21-15(4)18(20)19-17-10-7-13(2)11-14(17)3/h5-11,15H,1-4H3,(H,19,20)/t15-/m1/s1. The van der Waals surface area contributed by atoms with Crippen molar-refractivity contribution >= 4 is 11.6 Å². The summed E-state index contributed by atoms with van der Waals surface area (Å²) in [7, 11) is 0. The Labute approximate surface area is 126 Å². The molecule has 0 aliphatic heterocycles. The maximum atomic E-state index is 12.2. The molecule has 2 aromatic carbocycles. The largest absolute Gasteiger partial charge is 0.481 e. The van der Waals surface area contributed by atoms with Gasteiger partial charge in [0.2, 0.25) is 0 Å². The predicted molar refractivity (Wildman–Crippen MR) is 85.8 cm³/mol. The number of anilines is 1. The van der Waals surface area contributed by atoms with E-state index in [1.807, 2.05) is 63.2 Å². The van der Waals surface area contributed by atoms with Gasteiger partial charge in [-0.2, -0.15) is 0 Å². The summed E-state index contributed by atoms with van der Waals surface area (Å²) in [6.07, 6.45) is -0.548. The van der Waals surface area contributed by atoms with Gasteiger partial charge in [0.05, 0.1) is 0 Å². The van der Waals surface area contributed by atoms with Crippen LogP contribution in [-0.4, -0.2) is 12.0 Å². The van der Waals surface area contributed by atoms with Crippen molar-refractivity contribution in [2.45, 2.75) is 33.8 Å². The van der Waals surface area contributed by atoms with Gasteiger partial charge >= 0.3 is 0 Å². The van der Waals surface area contributed by atoms with E-state index in [1.54, 1.807) is 6.92 Å². The van der Waals surface area contributed by atoms with Crippen molar-refractivity contribution < 1.29 is 9.53 Å². The fourth-order valence-corrected chi connectivity index (χ4v) is 2.06. The highest BCUT2D eigenvalue weighted by Crippen LogP contribution is 2.18. The Kier molecular flexibility index (Phi) is 4.63. The van der Waals surface area contributed by atoms with Crippen LogP contribution in [0.4, 0.5) is 5.69 Å². The first-order valence-corrected chi connectivity index (χ1v) is 7.07. The van der Waals surface area contributed by atoms with Crippen LogP contribution in [0.3, 0.4) is 0 Å². The van der Waals surface area contributed by atoms with E-state index in [2.05, 4.69) is 5.32 Å². The second-order valence-corrected chi connectivity index (χ2v) is 5.38. The van der Waals surface area contributed by atoms with E-state index in [9.17, 15) is 4.79 Å². The number of rotatable bonds is 4. The van der Waals surface area contributed by atoms with Crippen molar-refractivity contribution in [2.24, 2.45) is 0 Å². The maximum Gasteiger partial charge on any atom is 0.265 e. The third-order valence-corrected chi connectivity index (χ3v) is 3.34. The first kappa shape index (κ1) is 15.1. The summed E-state index contributed by atoms with van der Waals surface area (Å²) in [5, 5.41) is 2.90. The Balaban J connectivity index is 2.00. The minimum absolute atomic E-state index is 0.150. The third kappa shape index (κ3) is 4.09. The molecular formula is C18H21NO2. The lowest BCUT2D eigenvalue weighted by Gasteiger charge is -2.16. The molecule has 3 nitrogen and oxygen atoms in total. The van der Waals surface area contributed by atoms with Gasteiger partial charge in [-0.05, 0) is 51.5 Å². The average Bonchev–Trinajstić information content (AvgIpc) is 2.44. The van der Waals surface area contributed by atoms with E-state index >= 15 is 0 Å². The number of benzene rings is 2. The Morgan fingerprint density at radius 1 is 1.00 bits per heavy atom. The highest BCUT2D eigenvalue weighted by Gasteiger charge is 2.15. The second kappa shape index (κ2) is 6.44. The number of ether oxygens (including phenoxy) is 1. The van der Waals surface area contributed by atoms with Crippen LogP contribution in [0.2, 0.25) is 0 Å². The van der Waals surface area contributed by atoms with Gasteiger partial charge in [-0.25, -0.2) is 0 Å². The SMILES string of the molecule is Cc1ccc(O[C@H](C)C(=O)Nc2ccc(C)cc2C)cc1. The van der Waals surface area contributed by atoms with Crippen molar-refractivity contribution in [2.75, 3.05) is 5.32 Å². The molecule has 0 saturated heterocycles. The smallest absolute Gasteiger partial charge is 0.265 e. The van der Waals surface area contributed by atoms with Gasteiger partial charge in [0.25, 0.3) is 5.91 Å². The number of carbonyl (C=O) groups is 1. The summed E-state index contributed by atoms with van der Waals surface area (Å²) in [6.45, 7) is 7.77. The molecular weight excluding hydrogens is 262 g/mol. The van der Waals surface area contributed by atoms with Crippen molar-refractivity contribution in [1.29, 1.82) is 0 Å². The van der Waals surface area contributed by atoms with Crippen LogP contribution in [-0.2, 0) is 4.79 Å². The molecule has 2 aromatic rings. The number of hydrogen-bond donors (Lipinski definition) is 1. The third-order valence-electron chi connectivity index (χ3n) is 3.34. The Hall–Kier alpha value is -2.29. The Morgan fingerprint density at radius 3 is 2.24 bits per heavy atom. The number of carbonyl (C=O) groups excluding carboxylic acids is 1. The fourth-order valence-electron chi connectivity index (χ4n) is 2.06. The van der Waals surface area contributed by atoms with Gasteiger partial charge in [-0.1, -0.05) is 35.4 Å². The number of hydrogen-bond acceptors (Lipinski definition) is 2. The van der Waals surface area contributed by atoms with Crippen LogP contribution in [0.1, 0.15) is 23.6 Å². The quantitative estimate of drug-likeness (QED) is 0.920. The van der Waals surface area contributed by atoms with E-state index in [0.717, 1.165) is 16.8 Å². The lowest BCUT2D eigenvalue weighted by molar-refractivity contribution is -0.122. The topological polar surface area (TPSA) is 38.3 Å². The van der Waals surface area contributed by atoms with E-state index in [0.29, 0.717) is 5.75 Å². The first-order valence-electron chi connectivity index (χ1n) is 7.07. The molecule has 1 atom stereocenters. The van der Waals surface area contributed by atoms with Crippen LogP contribution in [0.5, 0.6) is 5.75 Å². The van der Waals surface area contributed by atoms with Gasteiger partial charge in [-0.3, -0.25) is 4.79 Å². The fraction of sp³-hybridized carbons (Fsp3) is 0.278. The van der Waals surface area contributed by atoms with Gasteiger partial charge in [0.1, 0.15) is 5.75 Å². The predicted octanol–water partition coefficient (Wildman–Crippen LogP) is 4.02. The van der Waals surface area contributed by atoms with Crippen molar-refractivity contribution in [3.05, 3.63) is 59.2 Å². The molecule has 110 valence electrons. The second-order valence-electron chi connectivity index (χ2n) is 5.38. The molecule has 0 radical (unpaired) electrons. The normalized spacial score (nSPS) is 11.8. The summed E-state index contributed by atoms with van der Waals surface area (Å²) < 4.78 is 5.65. The molecule has 0 unspecified atom stereocenters. The summed E-state index contributed by atoms with van der Waals surface area (Å²) in [6, 6.07) is 13.6. The maximum absolute atomic E-state index is 12.2. The van der Waals surface area contributed by atoms with Crippen LogP contribution in [0.25, 0.3) is 0 Å². The van der Waals surface area contributed by atoms with Gasteiger partial charge in [-0.15, -0.1) is 0 Å². The molecule has 0 bridgehead atoms.